The molecule has 2 aromatic rings. The van der Waals surface area contributed by atoms with Gasteiger partial charge in [0.2, 0.25) is 0 Å². The van der Waals surface area contributed by atoms with Crippen molar-refractivity contribution in [3.8, 4) is 5.75 Å². The fraction of sp³-hybridized carbons (Fsp3) is 0.368. The van der Waals surface area contributed by atoms with E-state index in [2.05, 4.69) is 21.8 Å². The highest BCUT2D eigenvalue weighted by atomic mass is 35.5. The molecule has 0 spiro atoms. The third-order valence-electron chi connectivity index (χ3n) is 4.54. The van der Waals surface area contributed by atoms with E-state index in [0.29, 0.717) is 31.5 Å². The number of hydrogen-bond donors (Lipinski definition) is 1. The van der Waals surface area contributed by atoms with E-state index in [1.807, 2.05) is 18.2 Å². The van der Waals surface area contributed by atoms with Crippen molar-refractivity contribution < 1.29 is 23.0 Å². The molecule has 0 amide bonds. The summed E-state index contributed by atoms with van der Waals surface area (Å²) in [5, 5.41) is 10.9. The molecule has 0 radical (unpaired) electrons. The number of aliphatic hydroxyl groups is 1. The lowest BCUT2D eigenvalue weighted by molar-refractivity contribution is -0.274. The summed E-state index contributed by atoms with van der Waals surface area (Å²) in [6.07, 6.45) is -3.80. The average molecular weight is 388 g/mol. The van der Waals surface area contributed by atoms with Gasteiger partial charge in [0.25, 0.3) is 0 Å². The Morgan fingerprint density at radius 1 is 1.00 bits per heavy atom. The van der Waals surface area contributed by atoms with Crippen molar-refractivity contribution in [2.45, 2.75) is 31.3 Å². The lowest BCUT2D eigenvalue weighted by Gasteiger charge is -2.38. The van der Waals surface area contributed by atoms with Crippen LogP contribution in [0.4, 0.5) is 13.2 Å². The van der Waals surface area contributed by atoms with Crippen molar-refractivity contribution in [2.75, 3.05) is 13.1 Å². The van der Waals surface area contributed by atoms with Crippen molar-refractivity contribution in [1.82, 2.24) is 4.90 Å². The van der Waals surface area contributed by atoms with E-state index in [0.717, 1.165) is 6.54 Å². The van der Waals surface area contributed by atoms with Crippen LogP contribution in [0.1, 0.15) is 24.0 Å². The second-order valence-corrected chi connectivity index (χ2v) is 6.37. The Morgan fingerprint density at radius 2 is 1.65 bits per heavy atom. The molecule has 0 unspecified atom stereocenters. The molecule has 1 aliphatic rings. The lowest BCUT2D eigenvalue weighted by atomic mass is 9.84. The molecule has 142 valence electrons. The van der Waals surface area contributed by atoms with Gasteiger partial charge < -0.3 is 9.84 Å². The van der Waals surface area contributed by atoms with Gasteiger partial charge in [-0.2, -0.15) is 0 Å². The van der Waals surface area contributed by atoms with Gasteiger partial charge in [-0.1, -0.05) is 42.5 Å². The maximum Gasteiger partial charge on any atom is 0.573 e. The van der Waals surface area contributed by atoms with E-state index in [1.165, 1.54) is 23.8 Å². The summed E-state index contributed by atoms with van der Waals surface area (Å²) in [6, 6.07) is 15.7. The normalized spacial score (nSPS) is 17.4. The second kappa shape index (κ2) is 8.29. The van der Waals surface area contributed by atoms with E-state index >= 15 is 0 Å². The monoisotopic (exact) mass is 387 g/mol. The Balaban J connectivity index is 0.00000243. The van der Waals surface area contributed by atoms with E-state index in [-0.39, 0.29) is 18.2 Å². The number of nitrogens with zero attached hydrogens (tertiary/aromatic N) is 1. The highest BCUT2D eigenvalue weighted by Crippen LogP contribution is 2.35. The van der Waals surface area contributed by atoms with Crippen LogP contribution in [-0.2, 0) is 12.1 Å². The Kier molecular flexibility index (Phi) is 6.55. The zero-order chi connectivity index (χ0) is 17.9. The number of piperidine rings is 1. The number of benzene rings is 2. The molecule has 1 fully saturated rings. The molecule has 0 aromatic heterocycles. The molecule has 0 atom stereocenters. The lowest BCUT2D eigenvalue weighted by Crippen LogP contribution is -2.42. The maximum atomic E-state index is 12.4. The Morgan fingerprint density at radius 3 is 2.27 bits per heavy atom. The summed E-state index contributed by atoms with van der Waals surface area (Å²) in [5.41, 5.74) is 0.542. The maximum absolute atomic E-state index is 12.4. The first-order valence-corrected chi connectivity index (χ1v) is 8.19. The largest absolute Gasteiger partial charge is 0.573 e. The molecule has 3 nitrogen and oxygen atoms in total. The predicted octanol–water partition coefficient (Wildman–Crippen LogP) is 4.49. The first-order valence-electron chi connectivity index (χ1n) is 8.19. The minimum Gasteiger partial charge on any atom is -0.406 e. The quantitative estimate of drug-likeness (QED) is 0.839. The third kappa shape index (κ3) is 5.37. The van der Waals surface area contributed by atoms with Gasteiger partial charge in [-0.15, -0.1) is 25.6 Å². The number of hydrogen-bond acceptors (Lipinski definition) is 3. The predicted molar refractivity (Wildman–Crippen MR) is 95.2 cm³/mol. The van der Waals surface area contributed by atoms with Gasteiger partial charge in [0.15, 0.2) is 0 Å². The van der Waals surface area contributed by atoms with Gasteiger partial charge in [0.05, 0.1) is 5.60 Å². The van der Waals surface area contributed by atoms with Crippen LogP contribution in [0.2, 0.25) is 0 Å². The van der Waals surface area contributed by atoms with E-state index in [9.17, 15) is 18.3 Å². The molecule has 1 N–H and O–H groups in total. The van der Waals surface area contributed by atoms with Crippen LogP contribution < -0.4 is 4.74 Å². The van der Waals surface area contributed by atoms with Crippen molar-refractivity contribution in [3.63, 3.8) is 0 Å². The molecule has 26 heavy (non-hydrogen) atoms. The van der Waals surface area contributed by atoms with E-state index in [1.54, 1.807) is 6.07 Å². The van der Waals surface area contributed by atoms with Crippen LogP contribution >= 0.6 is 12.4 Å². The molecule has 0 bridgehead atoms. The summed E-state index contributed by atoms with van der Waals surface area (Å²) in [6.45, 7) is 2.15. The van der Waals surface area contributed by atoms with E-state index in [4.69, 9.17) is 0 Å². The molecule has 0 saturated carbocycles. The van der Waals surface area contributed by atoms with Crippen LogP contribution in [0.3, 0.4) is 0 Å². The molecule has 1 saturated heterocycles. The van der Waals surface area contributed by atoms with Crippen LogP contribution in [0, 0.1) is 0 Å². The second-order valence-electron chi connectivity index (χ2n) is 6.37. The summed E-state index contributed by atoms with van der Waals surface area (Å²) < 4.78 is 41.1. The third-order valence-corrected chi connectivity index (χ3v) is 4.54. The molecule has 1 aliphatic heterocycles. The Labute approximate surface area is 156 Å². The van der Waals surface area contributed by atoms with Crippen LogP contribution in [0.15, 0.2) is 54.6 Å². The number of rotatable bonds is 4. The Hall–Kier alpha value is -1.76. The number of likely N-dealkylation sites (tertiary alicyclic amines) is 1. The molecule has 3 rings (SSSR count). The summed E-state index contributed by atoms with van der Waals surface area (Å²) >= 11 is 0. The van der Waals surface area contributed by atoms with Crippen molar-refractivity contribution in [2.24, 2.45) is 0 Å². The molecule has 1 heterocycles. The van der Waals surface area contributed by atoms with Gasteiger partial charge in [-0.05, 0) is 36.1 Å². The summed E-state index contributed by atoms with van der Waals surface area (Å²) in [7, 11) is 0. The van der Waals surface area contributed by atoms with Crippen molar-refractivity contribution >= 4 is 12.4 Å². The fourth-order valence-electron chi connectivity index (χ4n) is 3.19. The van der Waals surface area contributed by atoms with Crippen LogP contribution in [-0.4, -0.2) is 29.5 Å². The standard InChI is InChI=1S/C19H20F3NO2.ClH/c20-19(21,22)25-17-8-4-7-16(13-17)18(24)9-11-23(12-10-18)14-15-5-2-1-3-6-15;/h1-8,13,24H,9-12,14H2;1H. The summed E-state index contributed by atoms with van der Waals surface area (Å²) in [4.78, 5) is 2.24. The fourth-order valence-corrected chi connectivity index (χ4v) is 3.19. The van der Waals surface area contributed by atoms with E-state index < -0.39 is 12.0 Å². The minimum absolute atomic E-state index is 0. The van der Waals surface area contributed by atoms with Gasteiger partial charge in [-0.3, -0.25) is 4.90 Å². The number of alkyl halides is 3. The highest BCUT2D eigenvalue weighted by Gasteiger charge is 2.35. The molecular formula is C19H21ClF3NO2. The van der Waals surface area contributed by atoms with Crippen LogP contribution in [0.25, 0.3) is 0 Å². The first kappa shape index (κ1) is 20.6. The van der Waals surface area contributed by atoms with Gasteiger partial charge in [-0.25, -0.2) is 0 Å². The first-order chi connectivity index (χ1) is 11.8. The number of ether oxygens (including phenoxy) is 1. The van der Waals surface area contributed by atoms with Gasteiger partial charge in [0, 0.05) is 19.6 Å². The SMILES string of the molecule is Cl.OC1(c2cccc(OC(F)(F)F)c2)CCN(Cc2ccccc2)CC1. The molecule has 0 aliphatic carbocycles. The smallest absolute Gasteiger partial charge is 0.406 e. The van der Waals surface area contributed by atoms with Crippen molar-refractivity contribution in [1.29, 1.82) is 0 Å². The zero-order valence-electron chi connectivity index (χ0n) is 14.1. The molecule has 2 aromatic carbocycles. The Bertz CT molecular complexity index is 701. The molecule has 7 heteroatoms. The average Bonchev–Trinajstić information content (AvgIpc) is 2.57. The van der Waals surface area contributed by atoms with Crippen LogP contribution in [0.5, 0.6) is 5.75 Å². The minimum atomic E-state index is -4.74. The topological polar surface area (TPSA) is 32.7 Å². The van der Waals surface area contributed by atoms with Crippen molar-refractivity contribution in [3.05, 3.63) is 65.7 Å². The summed E-state index contributed by atoms with van der Waals surface area (Å²) in [5.74, 6) is -0.301. The van der Waals surface area contributed by atoms with Gasteiger partial charge >= 0.3 is 6.36 Å². The number of halogens is 4. The zero-order valence-corrected chi connectivity index (χ0v) is 14.9. The highest BCUT2D eigenvalue weighted by molar-refractivity contribution is 5.85. The molecular weight excluding hydrogens is 367 g/mol. The van der Waals surface area contributed by atoms with Gasteiger partial charge in [0.1, 0.15) is 5.75 Å².